The molecule has 2 heteroatoms. The Hall–Kier alpha value is -1.18. The van der Waals surface area contributed by atoms with Gasteiger partial charge in [-0.3, -0.25) is 4.79 Å². The smallest absolute Gasteiger partial charge is 0.165 e. The third-order valence-electron chi connectivity index (χ3n) is 1.97. The van der Waals surface area contributed by atoms with E-state index in [0.717, 1.165) is 6.42 Å². The summed E-state index contributed by atoms with van der Waals surface area (Å²) < 4.78 is 13.4. The Labute approximate surface area is 77.6 Å². The van der Waals surface area contributed by atoms with E-state index in [1.807, 2.05) is 6.92 Å². The highest BCUT2D eigenvalue weighted by atomic mass is 19.1. The van der Waals surface area contributed by atoms with Crippen molar-refractivity contribution in [3.8, 4) is 0 Å². The van der Waals surface area contributed by atoms with Crippen molar-refractivity contribution in [2.75, 3.05) is 0 Å². The van der Waals surface area contributed by atoms with E-state index in [9.17, 15) is 9.18 Å². The van der Waals surface area contributed by atoms with Crippen LogP contribution in [0.5, 0.6) is 0 Å². The van der Waals surface area contributed by atoms with Crippen LogP contribution >= 0.6 is 0 Å². The van der Waals surface area contributed by atoms with Crippen molar-refractivity contribution in [1.82, 2.24) is 0 Å². The van der Waals surface area contributed by atoms with Crippen molar-refractivity contribution < 1.29 is 9.18 Å². The zero-order valence-corrected chi connectivity index (χ0v) is 7.93. The number of carbonyl (C=O) groups is 1. The number of rotatable bonds is 3. The molecule has 0 unspecified atom stereocenters. The molecular weight excluding hydrogens is 167 g/mol. The van der Waals surface area contributed by atoms with E-state index < -0.39 is 0 Å². The second-order valence-electron chi connectivity index (χ2n) is 3.11. The zero-order valence-electron chi connectivity index (χ0n) is 7.93. The highest BCUT2D eigenvalue weighted by molar-refractivity contribution is 5.96. The van der Waals surface area contributed by atoms with Crippen LogP contribution in [0.4, 0.5) is 4.39 Å². The maximum Gasteiger partial charge on any atom is 0.165 e. The zero-order chi connectivity index (χ0) is 9.84. The van der Waals surface area contributed by atoms with E-state index >= 15 is 0 Å². The van der Waals surface area contributed by atoms with E-state index in [1.165, 1.54) is 0 Å². The molecular formula is C11H13FO. The number of carbonyl (C=O) groups excluding carboxylic acids is 1. The number of hydrogen-bond donors (Lipinski definition) is 0. The van der Waals surface area contributed by atoms with Gasteiger partial charge in [-0.05, 0) is 25.0 Å². The molecule has 0 aliphatic heterocycles. The lowest BCUT2D eigenvalue weighted by Crippen LogP contribution is -2.02. The minimum absolute atomic E-state index is 0.108. The lowest BCUT2D eigenvalue weighted by Gasteiger charge is -2.02. The van der Waals surface area contributed by atoms with Crippen LogP contribution in [-0.2, 0) is 0 Å². The molecule has 0 atom stereocenters. The summed E-state index contributed by atoms with van der Waals surface area (Å²) in [6.07, 6.45) is 1.17. The number of ketones is 1. The van der Waals surface area contributed by atoms with Crippen molar-refractivity contribution >= 4 is 5.78 Å². The molecule has 0 N–H and O–H groups in total. The fourth-order valence-corrected chi connectivity index (χ4v) is 1.22. The molecule has 0 bridgehead atoms. The monoisotopic (exact) mass is 180 g/mol. The Balaban J connectivity index is 3.01. The standard InChI is InChI=1S/C11H13FO/c1-3-5-10(13)9-7-4-6-8(2)11(9)12/h4,6-7H,3,5H2,1-2H3. The lowest BCUT2D eigenvalue weighted by molar-refractivity contribution is 0.0977. The molecule has 1 aromatic rings. The maximum absolute atomic E-state index is 13.4. The van der Waals surface area contributed by atoms with Gasteiger partial charge in [0.1, 0.15) is 5.82 Å². The first-order chi connectivity index (χ1) is 6.16. The van der Waals surface area contributed by atoms with Crippen molar-refractivity contribution in [3.63, 3.8) is 0 Å². The van der Waals surface area contributed by atoms with E-state index in [2.05, 4.69) is 0 Å². The van der Waals surface area contributed by atoms with Gasteiger partial charge in [-0.2, -0.15) is 0 Å². The first-order valence-electron chi connectivity index (χ1n) is 4.45. The molecule has 1 aromatic carbocycles. The molecule has 1 nitrogen and oxygen atoms in total. The summed E-state index contributed by atoms with van der Waals surface area (Å²) >= 11 is 0. The molecule has 0 radical (unpaired) electrons. The van der Waals surface area contributed by atoms with Crippen LogP contribution in [0.3, 0.4) is 0 Å². The summed E-state index contributed by atoms with van der Waals surface area (Å²) in [5.74, 6) is -0.482. The number of Topliss-reactive ketones (excluding diaryl/α,β-unsaturated/α-hetero) is 1. The topological polar surface area (TPSA) is 17.1 Å². The second-order valence-corrected chi connectivity index (χ2v) is 3.11. The van der Waals surface area contributed by atoms with Crippen molar-refractivity contribution in [1.29, 1.82) is 0 Å². The van der Waals surface area contributed by atoms with Crippen LogP contribution in [0, 0.1) is 12.7 Å². The summed E-state index contributed by atoms with van der Waals surface area (Å²) in [5.41, 5.74) is 0.754. The summed E-state index contributed by atoms with van der Waals surface area (Å²) in [4.78, 5) is 11.4. The van der Waals surface area contributed by atoms with E-state index in [1.54, 1.807) is 25.1 Å². The van der Waals surface area contributed by atoms with Gasteiger partial charge in [-0.1, -0.05) is 19.1 Å². The van der Waals surface area contributed by atoms with Crippen molar-refractivity contribution in [2.45, 2.75) is 26.7 Å². The third kappa shape index (κ3) is 2.14. The Morgan fingerprint density at radius 1 is 1.46 bits per heavy atom. The highest BCUT2D eigenvalue weighted by Crippen LogP contribution is 2.14. The van der Waals surface area contributed by atoms with Gasteiger partial charge in [0.05, 0.1) is 5.56 Å². The molecule has 0 aliphatic carbocycles. The molecule has 70 valence electrons. The minimum Gasteiger partial charge on any atom is -0.294 e. The molecule has 0 saturated heterocycles. The molecule has 0 aliphatic rings. The van der Waals surface area contributed by atoms with Crippen molar-refractivity contribution in [2.24, 2.45) is 0 Å². The average molecular weight is 180 g/mol. The molecule has 0 amide bonds. The van der Waals surface area contributed by atoms with Crippen LogP contribution in [-0.4, -0.2) is 5.78 Å². The molecule has 1 rings (SSSR count). The third-order valence-corrected chi connectivity index (χ3v) is 1.97. The van der Waals surface area contributed by atoms with Gasteiger partial charge in [0, 0.05) is 6.42 Å². The average Bonchev–Trinajstić information content (AvgIpc) is 2.10. The van der Waals surface area contributed by atoms with E-state index in [4.69, 9.17) is 0 Å². The largest absolute Gasteiger partial charge is 0.294 e. The fourth-order valence-electron chi connectivity index (χ4n) is 1.22. The number of halogens is 1. The summed E-state index contributed by atoms with van der Waals surface area (Å²) in [5, 5.41) is 0. The van der Waals surface area contributed by atoms with Gasteiger partial charge in [-0.15, -0.1) is 0 Å². The minimum atomic E-state index is -0.374. The Kier molecular flexibility index (Phi) is 3.18. The van der Waals surface area contributed by atoms with Gasteiger partial charge >= 0.3 is 0 Å². The van der Waals surface area contributed by atoms with Crippen LogP contribution < -0.4 is 0 Å². The van der Waals surface area contributed by atoms with Gasteiger partial charge in [0.2, 0.25) is 0 Å². The molecule has 0 saturated carbocycles. The predicted molar refractivity (Wildman–Crippen MR) is 50.4 cm³/mol. The van der Waals surface area contributed by atoms with Gasteiger partial charge in [-0.25, -0.2) is 4.39 Å². The summed E-state index contributed by atoms with van der Waals surface area (Å²) in [6, 6.07) is 4.92. The van der Waals surface area contributed by atoms with Crippen molar-refractivity contribution in [3.05, 3.63) is 35.1 Å². The molecule has 0 heterocycles. The first kappa shape index (κ1) is 9.90. The van der Waals surface area contributed by atoms with Gasteiger partial charge in [0.15, 0.2) is 5.78 Å². The number of aryl methyl sites for hydroxylation is 1. The Morgan fingerprint density at radius 3 is 2.77 bits per heavy atom. The van der Waals surface area contributed by atoms with Gasteiger partial charge in [0.25, 0.3) is 0 Å². The highest BCUT2D eigenvalue weighted by Gasteiger charge is 2.11. The molecule has 0 aromatic heterocycles. The Morgan fingerprint density at radius 2 is 2.15 bits per heavy atom. The van der Waals surface area contributed by atoms with E-state index in [0.29, 0.717) is 12.0 Å². The van der Waals surface area contributed by atoms with Crippen LogP contribution in [0.25, 0.3) is 0 Å². The quantitative estimate of drug-likeness (QED) is 0.653. The molecule has 0 spiro atoms. The van der Waals surface area contributed by atoms with Gasteiger partial charge < -0.3 is 0 Å². The SMILES string of the molecule is CCCC(=O)c1cccc(C)c1F. The first-order valence-corrected chi connectivity index (χ1v) is 4.45. The number of benzene rings is 1. The van der Waals surface area contributed by atoms with E-state index in [-0.39, 0.29) is 17.2 Å². The fraction of sp³-hybridized carbons (Fsp3) is 0.364. The summed E-state index contributed by atoms with van der Waals surface area (Å²) in [7, 11) is 0. The second kappa shape index (κ2) is 4.17. The predicted octanol–water partition coefficient (Wildman–Crippen LogP) is 3.12. The maximum atomic E-state index is 13.4. The molecule has 13 heavy (non-hydrogen) atoms. The Bertz CT molecular complexity index is 318. The molecule has 0 fully saturated rings. The normalized spacial score (nSPS) is 10.1. The van der Waals surface area contributed by atoms with Crippen LogP contribution in [0.1, 0.15) is 35.7 Å². The van der Waals surface area contributed by atoms with Crippen LogP contribution in [0.15, 0.2) is 18.2 Å². The summed E-state index contributed by atoms with van der Waals surface area (Å²) in [6.45, 7) is 3.57. The lowest BCUT2D eigenvalue weighted by atomic mass is 10.0. The number of hydrogen-bond acceptors (Lipinski definition) is 1. The van der Waals surface area contributed by atoms with Crippen LogP contribution in [0.2, 0.25) is 0 Å².